The van der Waals surface area contributed by atoms with Crippen LogP contribution in [0.4, 0.5) is 4.79 Å². The molecule has 0 spiro atoms. The van der Waals surface area contributed by atoms with Crippen molar-refractivity contribution in [2.75, 3.05) is 6.54 Å². The molecule has 0 aromatic carbocycles. The maximum absolute atomic E-state index is 11.8. The minimum atomic E-state index is -0.979. The molecule has 1 amide bonds. The van der Waals surface area contributed by atoms with Gasteiger partial charge in [0, 0.05) is 12.7 Å². The van der Waals surface area contributed by atoms with Crippen molar-refractivity contribution >= 4 is 11.6 Å². The second-order valence-corrected chi connectivity index (χ2v) is 4.31. The average molecular weight is 248 g/mol. The highest BCUT2D eigenvalue weighted by Gasteiger charge is 2.31. The molecule has 7 nitrogen and oxygen atoms in total. The van der Waals surface area contributed by atoms with Crippen LogP contribution in [0.2, 0.25) is 0 Å². The molecule has 94 valence electrons. The van der Waals surface area contributed by atoms with E-state index in [2.05, 4.69) is 10.1 Å². The average Bonchev–Trinajstić information content (AvgIpc) is 2.97. The second-order valence-electron chi connectivity index (χ2n) is 4.31. The smallest absolute Gasteiger partial charge is 0.407 e. The first-order valence-electron chi connectivity index (χ1n) is 5.74. The van der Waals surface area contributed by atoms with Crippen LogP contribution < -0.4 is 5.56 Å². The molecule has 2 aromatic rings. The Hall–Kier alpha value is -2.31. The number of aromatic amines is 1. The van der Waals surface area contributed by atoms with Gasteiger partial charge in [-0.2, -0.15) is 5.10 Å². The van der Waals surface area contributed by atoms with Crippen molar-refractivity contribution in [2.45, 2.75) is 18.9 Å². The quantitative estimate of drug-likeness (QED) is 0.782. The Labute approximate surface area is 102 Å². The lowest BCUT2D eigenvalue weighted by Gasteiger charge is -2.20. The van der Waals surface area contributed by atoms with Crippen molar-refractivity contribution in [1.82, 2.24) is 19.5 Å². The third-order valence-corrected chi connectivity index (χ3v) is 3.23. The maximum Gasteiger partial charge on any atom is 0.407 e. The number of amides is 1. The molecule has 2 aromatic heterocycles. The lowest BCUT2D eigenvalue weighted by Crippen LogP contribution is -2.31. The minimum absolute atomic E-state index is 0.248. The Bertz CT molecular complexity index is 660. The van der Waals surface area contributed by atoms with E-state index in [1.54, 1.807) is 18.3 Å². The van der Waals surface area contributed by atoms with E-state index in [1.807, 2.05) is 0 Å². The molecule has 0 saturated carbocycles. The van der Waals surface area contributed by atoms with E-state index in [9.17, 15) is 9.59 Å². The van der Waals surface area contributed by atoms with Crippen LogP contribution in [0.1, 0.15) is 24.7 Å². The largest absolute Gasteiger partial charge is 0.465 e. The molecule has 3 rings (SSSR count). The van der Waals surface area contributed by atoms with E-state index in [1.165, 1.54) is 9.42 Å². The first-order chi connectivity index (χ1) is 8.66. The summed E-state index contributed by atoms with van der Waals surface area (Å²) < 4.78 is 1.48. The van der Waals surface area contributed by atoms with Gasteiger partial charge >= 0.3 is 6.09 Å². The molecule has 2 N–H and O–H groups in total. The van der Waals surface area contributed by atoms with Gasteiger partial charge in [-0.15, -0.1) is 0 Å². The fourth-order valence-electron chi connectivity index (χ4n) is 2.39. The van der Waals surface area contributed by atoms with E-state index in [-0.39, 0.29) is 11.6 Å². The molecule has 7 heteroatoms. The number of carbonyl (C=O) groups is 1. The first-order valence-corrected chi connectivity index (χ1v) is 5.74. The molecule has 1 unspecified atom stereocenters. The molecule has 3 heterocycles. The van der Waals surface area contributed by atoms with E-state index in [0.717, 1.165) is 6.42 Å². The van der Waals surface area contributed by atoms with Crippen molar-refractivity contribution in [3.05, 3.63) is 34.5 Å². The summed E-state index contributed by atoms with van der Waals surface area (Å²) in [7, 11) is 0. The number of nitrogens with zero attached hydrogens (tertiary/aromatic N) is 3. The van der Waals surface area contributed by atoms with Gasteiger partial charge in [-0.05, 0) is 25.0 Å². The number of hydrogen-bond acceptors (Lipinski definition) is 3. The number of carboxylic acid groups (broad SMARTS) is 1. The molecular weight excluding hydrogens is 236 g/mol. The Morgan fingerprint density at radius 1 is 1.56 bits per heavy atom. The summed E-state index contributed by atoms with van der Waals surface area (Å²) in [6.45, 7) is 0.480. The van der Waals surface area contributed by atoms with Crippen molar-refractivity contribution in [3.63, 3.8) is 0 Å². The lowest BCUT2D eigenvalue weighted by molar-refractivity contribution is 0.138. The van der Waals surface area contributed by atoms with Crippen LogP contribution in [0, 0.1) is 0 Å². The molecule has 1 saturated heterocycles. The first kappa shape index (κ1) is 10.8. The van der Waals surface area contributed by atoms with E-state index in [0.29, 0.717) is 24.3 Å². The van der Waals surface area contributed by atoms with Gasteiger partial charge in [0.25, 0.3) is 5.56 Å². The molecule has 0 radical (unpaired) electrons. The summed E-state index contributed by atoms with van der Waals surface area (Å²) in [6.07, 6.45) is 2.16. The van der Waals surface area contributed by atoms with Gasteiger partial charge < -0.3 is 10.1 Å². The van der Waals surface area contributed by atoms with Crippen LogP contribution >= 0.6 is 0 Å². The molecule has 1 atom stereocenters. The number of likely N-dealkylation sites (tertiary alicyclic amines) is 1. The molecule has 18 heavy (non-hydrogen) atoms. The topological polar surface area (TPSA) is 90.7 Å². The van der Waals surface area contributed by atoms with E-state index >= 15 is 0 Å². The Kier molecular flexibility index (Phi) is 2.32. The van der Waals surface area contributed by atoms with Gasteiger partial charge in [0.2, 0.25) is 0 Å². The highest BCUT2D eigenvalue weighted by molar-refractivity contribution is 5.66. The summed E-state index contributed by atoms with van der Waals surface area (Å²) in [5, 5.41) is 13.4. The lowest BCUT2D eigenvalue weighted by atomic mass is 10.2. The molecule has 0 bridgehead atoms. The highest BCUT2D eigenvalue weighted by Crippen LogP contribution is 2.28. The molecule has 1 aliphatic rings. The zero-order valence-electron chi connectivity index (χ0n) is 9.54. The Balaban J connectivity index is 2.08. The summed E-state index contributed by atoms with van der Waals surface area (Å²) in [5.74, 6) is 0.406. The monoisotopic (exact) mass is 248 g/mol. The molecular formula is C11H12N4O3. The molecule has 0 aliphatic carbocycles. The zero-order valence-corrected chi connectivity index (χ0v) is 9.54. The third-order valence-electron chi connectivity index (χ3n) is 3.23. The van der Waals surface area contributed by atoms with Crippen molar-refractivity contribution in [2.24, 2.45) is 0 Å². The van der Waals surface area contributed by atoms with Gasteiger partial charge in [-0.1, -0.05) is 0 Å². The van der Waals surface area contributed by atoms with E-state index < -0.39 is 6.09 Å². The number of H-pyrrole nitrogens is 1. The predicted octanol–water partition coefficient (Wildman–Crippen LogP) is 0.838. The van der Waals surface area contributed by atoms with E-state index in [4.69, 9.17) is 5.11 Å². The third kappa shape index (κ3) is 1.55. The van der Waals surface area contributed by atoms with Gasteiger partial charge in [0.1, 0.15) is 5.52 Å². The summed E-state index contributed by atoms with van der Waals surface area (Å²) in [4.78, 5) is 26.9. The fourth-order valence-corrected chi connectivity index (χ4v) is 2.39. The number of nitrogens with one attached hydrogen (secondary N) is 1. The van der Waals surface area contributed by atoms with Gasteiger partial charge in [-0.25, -0.2) is 9.31 Å². The Morgan fingerprint density at radius 2 is 2.39 bits per heavy atom. The summed E-state index contributed by atoms with van der Waals surface area (Å²) >= 11 is 0. The number of hydrogen-bond donors (Lipinski definition) is 2. The van der Waals surface area contributed by atoms with Crippen LogP contribution in [0.25, 0.3) is 5.52 Å². The van der Waals surface area contributed by atoms with Crippen LogP contribution in [-0.4, -0.2) is 37.2 Å². The van der Waals surface area contributed by atoms with Crippen LogP contribution in [-0.2, 0) is 0 Å². The van der Waals surface area contributed by atoms with Crippen LogP contribution in [0.15, 0.2) is 23.1 Å². The number of fused-ring (bicyclic) bond motifs is 1. The standard InChI is InChI=1S/C11H12N4O3/c16-10-8-4-2-6-15(8)13-9(12-10)7-3-1-5-14(7)11(17)18/h2,4,6-7H,1,3,5H2,(H,17,18)(H,12,13,16). The maximum atomic E-state index is 11.8. The van der Waals surface area contributed by atoms with Crippen molar-refractivity contribution < 1.29 is 9.90 Å². The van der Waals surface area contributed by atoms with Crippen molar-refractivity contribution in [3.8, 4) is 0 Å². The summed E-state index contributed by atoms with van der Waals surface area (Å²) in [5.41, 5.74) is 0.209. The van der Waals surface area contributed by atoms with Crippen LogP contribution in [0.5, 0.6) is 0 Å². The Morgan fingerprint density at radius 3 is 3.17 bits per heavy atom. The predicted molar refractivity (Wildman–Crippen MR) is 62.5 cm³/mol. The van der Waals surface area contributed by atoms with Gasteiger partial charge in [-0.3, -0.25) is 9.69 Å². The molecule has 1 fully saturated rings. The highest BCUT2D eigenvalue weighted by atomic mass is 16.4. The van der Waals surface area contributed by atoms with Gasteiger partial charge in [0.05, 0.1) is 6.04 Å². The van der Waals surface area contributed by atoms with Crippen LogP contribution in [0.3, 0.4) is 0 Å². The van der Waals surface area contributed by atoms with Gasteiger partial charge in [0.15, 0.2) is 5.82 Å². The second kappa shape index (κ2) is 3.86. The van der Waals surface area contributed by atoms with Crippen molar-refractivity contribution in [1.29, 1.82) is 0 Å². The minimum Gasteiger partial charge on any atom is -0.465 e. The zero-order chi connectivity index (χ0) is 12.7. The molecule has 1 aliphatic heterocycles. The SMILES string of the molecule is O=C(O)N1CCCC1c1nn2cccc2c(=O)[nH]1. The number of rotatable bonds is 1. The normalized spacial score (nSPS) is 19.6. The number of aromatic nitrogens is 3. The fraction of sp³-hybridized carbons (Fsp3) is 0.364. The summed E-state index contributed by atoms with van der Waals surface area (Å²) in [6, 6.07) is 3.03.